The van der Waals surface area contributed by atoms with Gasteiger partial charge in [0.1, 0.15) is 0 Å². The normalized spacial score (nSPS) is 17.4. The average Bonchev–Trinajstić information content (AvgIpc) is 3.55. The third-order valence-corrected chi connectivity index (χ3v) is 8.58. The van der Waals surface area contributed by atoms with Gasteiger partial charge in [-0.3, -0.25) is 9.97 Å². The van der Waals surface area contributed by atoms with Crippen LogP contribution in [0, 0.1) is 0 Å². The van der Waals surface area contributed by atoms with Gasteiger partial charge in [0.2, 0.25) is 0 Å². The summed E-state index contributed by atoms with van der Waals surface area (Å²) in [4.78, 5) is 9.74. The number of rotatable bonds is 0. The molecule has 2 heteroatoms. The zero-order valence-corrected chi connectivity index (χ0v) is 19.5. The van der Waals surface area contributed by atoms with Gasteiger partial charge in [0.15, 0.2) is 0 Å². The average molecular weight is 457 g/mol. The molecule has 2 nitrogen and oxygen atoms in total. The van der Waals surface area contributed by atoms with E-state index in [2.05, 4.69) is 91.0 Å². The Balaban J connectivity index is 1.45. The molecule has 1 unspecified atom stereocenters. The van der Waals surface area contributed by atoms with Crippen LogP contribution < -0.4 is 0 Å². The van der Waals surface area contributed by atoms with Crippen molar-refractivity contribution in [3.63, 3.8) is 0 Å². The zero-order valence-electron chi connectivity index (χ0n) is 19.5. The van der Waals surface area contributed by atoms with E-state index in [0.29, 0.717) is 0 Å². The van der Waals surface area contributed by atoms with Crippen molar-refractivity contribution in [3.8, 4) is 33.5 Å². The molecule has 4 aromatic carbocycles. The van der Waals surface area contributed by atoms with Crippen molar-refractivity contribution >= 4 is 10.9 Å². The molecular formula is C34H20N2. The maximum absolute atomic E-state index is 4.90. The van der Waals surface area contributed by atoms with Gasteiger partial charge in [-0.25, -0.2) is 0 Å². The largest absolute Gasteiger partial charge is 0.256 e. The first-order valence-electron chi connectivity index (χ1n) is 12.6. The van der Waals surface area contributed by atoms with Crippen molar-refractivity contribution in [2.45, 2.75) is 11.8 Å². The van der Waals surface area contributed by atoms with Crippen molar-refractivity contribution in [2.24, 2.45) is 0 Å². The number of hydrogen-bond donors (Lipinski definition) is 0. The van der Waals surface area contributed by atoms with E-state index in [4.69, 9.17) is 9.97 Å². The number of pyridine rings is 2. The summed E-state index contributed by atoms with van der Waals surface area (Å²) in [5.41, 5.74) is 16.5. The van der Waals surface area contributed by atoms with E-state index in [1.54, 1.807) is 0 Å². The van der Waals surface area contributed by atoms with Gasteiger partial charge in [0.25, 0.3) is 0 Å². The van der Waals surface area contributed by atoms with Crippen molar-refractivity contribution in [1.82, 2.24) is 9.97 Å². The van der Waals surface area contributed by atoms with Crippen molar-refractivity contribution in [2.75, 3.05) is 0 Å². The van der Waals surface area contributed by atoms with Crippen LogP contribution in [-0.4, -0.2) is 9.97 Å². The van der Waals surface area contributed by atoms with Crippen LogP contribution in [0.5, 0.6) is 0 Å². The van der Waals surface area contributed by atoms with Crippen LogP contribution in [0.4, 0.5) is 0 Å². The molecule has 0 saturated heterocycles. The van der Waals surface area contributed by atoms with Gasteiger partial charge in [-0.2, -0.15) is 0 Å². The number of fused-ring (bicyclic) bond motifs is 15. The van der Waals surface area contributed by atoms with Crippen LogP contribution in [0.15, 0.2) is 109 Å². The molecule has 0 saturated carbocycles. The van der Waals surface area contributed by atoms with Crippen LogP contribution >= 0.6 is 0 Å². The molecule has 0 N–H and O–H groups in total. The summed E-state index contributed by atoms with van der Waals surface area (Å²) in [7, 11) is 0. The first kappa shape index (κ1) is 18.7. The standard InChI is InChI=1S/C34H20N2/c1-3-10-27-23(8-1)26-18-22-17-21-14-13-20-7-5-15-35-32(20)31(21)25(22)19-30(26)34(27)28-11-4-2-9-24(28)33-29(34)12-6-16-36-33/h1-16,18-19H,17H2. The summed E-state index contributed by atoms with van der Waals surface area (Å²) >= 11 is 0. The van der Waals surface area contributed by atoms with E-state index < -0.39 is 0 Å². The monoisotopic (exact) mass is 456 g/mol. The van der Waals surface area contributed by atoms with Gasteiger partial charge in [-0.05, 0) is 80.8 Å². The lowest BCUT2D eigenvalue weighted by molar-refractivity contribution is 0.791. The molecule has 1 atom stereocenters. The Kier molecular flexibility index (Phi) is 3.31. The van der Waals surface area contributed by atoms with Gasteiger partial charge < -0.3 is 0 Å². The SMILES string of the molecule is c1ccc2c(c1)-c1cc3c(cc1C21c2ccccc2-c2ncccc21)-c1c(ccc2cccnc12)C3. The second kappa shape index (κ2) is 6.35. The van der Waals surface area contributed by atoms with E-state index in [9.17, 15) is 0 Å². The predicted octanol–water partition coefficient (Wildman–Crippen LogP) is 7.54. The fourth-order valence-electron chi connectivity index (χ4n) is 7.25. The zero-order chi connectivity index (χ0) is 23.4. The van der Waals surface area contributed by atoms with E-state index in [-0.39, 0.29) is 5.41 Å². The smallest absolute Gasteiger partial charge is 0.0783 e. The van der Waals surface area contributed by atoms with Gasteiger partial charge in [-0.15, -0.1) is 0 Å². The molecule has 1 spiro atoms. The summed E-state index contributed by atoms with van der Waals surface area (Å²) in [5, 5.41) is 1.20. The van der Waals surface area contributed by atoms with E-state index in [0.717, 1.165) is 17.6 Å². The Morgan fingerprint density at radius 2 is 1.28 bits per heavy atom. The molecule has 2 aromatic heterocycles. The van der Waals surface area contributed by atoms with Crippen molar-refractivity contribution in [1.29, 1.82) is 0 Å². The Labute approximate surface area is 208 Å². The van der Waals surface area contributed by atoms with E-state index in [1.165, 1.54) is 66.6 Å². The third-order valence-electron chi connectivity index (χ3n) is 8.58. The number of hydrogen-bond acceptors (Lipinski definition) is 2. The van der Waals surface area contributed by atoms with E-state index >= 15 is 0 Å². The van der Waals surface area contributed by atoms with Crippen LogP contribution in [-0.2, 0) is 11.8 Å². The quantitative estimate of drug-likeness (QED) is 0.235. The highest BCUT2D eigenvalue weighted by atomic mass is 14.7. The van der Waals surface area contributed by atoms with Crippen LogP contribution in [0.2, 0.25) is 0 Å². The third kappa shape index (κ3) is 2.02. The first-order chi connectivity index (χ1) is 17.9. The summed E-state index contributed by atoms with van der Waals surface area (Å²) in [6, 6.07) is 35.8. The van der Waals surface area contributed by atoms with Gasteiger partial charge in [0, 0.05) is 28.9 Å². The molecule has 166 valence electrons. The molecule has 3 aliphatic rings. The van der Waals surface area contributed by atoms with Crippen molar-refractivity contribution in [3.05, 3.63) is 143 Å². The van der Waals surface area contributed by atoms with Gasteiger partial charge in [0.05, 0.1) is 16.6 Å². The highest BCUT2D eigenvalue weighted by molar-refractivity contribution is 6.01. The molecule has 0 bridgehead atoms. The Morgan fingerprint density at radius 3 is 2.19 bits per heavy atom. The Morgan fingerprint density at radius 1 is 0.528 bits per heavy atom. The molecule has 0 aliphatic heterocycles. The lowest BCUT2D eigenvalue weighted by Crippen LogP contribution is -2.26. The fourth-order valence-corrected chi connectivity index (χ4v) is 7.25. The highest BCUT2D eigenvalue weighted by Gasteiger charge is 2.52. The minimum absolute atomic E-state index is 0.359. The molecule has 0 radical (unpaired) electrons. The second-order valence-corrected chi connectivity index (χ2v) is 10.1. The maximum atomic E-state index is 4.90. The van der Waals surface area contributed by atoms with Crippen molar-refractivity contribution < 1.29 is 0 Å². The van der Waals surface area contributed by atoms with Crippen LogP contribution in [0.3, 0.4) is 0 Å². The molecule has 0 fully saturated rings. The summed E-state index contributed by atoms with van der Waals surface area (Å²) in [6.07, 6.45) is 4.79. The van der Waals surface area contributed by atoms with Gasteiger partial charge in [-0.1, -0.05) is 72.8 Å². The molecule has 0 amide bonds. The van der Waals surface area contributed by atoms with E-state index in [1.807, 2.05) is 18.5 Å². The predicted molar refractivity (Wildman–Crippen MR) is 144 cm³/mol. The molecular weight excluding hydrogens is 436 g/mol. The lowest BCUT2D eigenvalue weighted by atomic mass is 9.70. The number of aromatic nitrogens is 2. The second-order valence-electron chi connectivity index (χ2n) is 10.1. The Bertz CT molecular complexity index is 1890. The molecule has 3 aliphatic carbocycles. The molecule has 6 aromatic rings. The Hall–Kier alpha value is -4.56. The topological polar surface area (TPSA) is 25.8 Å². The lowest BCUT2D eigenvalue weighted by Gasteiger charge is -2.30. The molecule has 36 heavy (non-hydrogen) atoms. The summed E-state index contributed by atoms with van der Waals surface area (Å²) in [5.74, 6) is 0. The minimum Gasteiger partial charge on any atom is -0.256 e. The maximum Gasteiger partial charge on any atom is 0.0783 e. The minimum atomic E-state index is -0.359. The van der Waals surface area contributed by atoms with Gasteiger partial charge >= 0.3 is 0 Å². The van der Waals surface area contributed by atoms with Crippen LogP contribution in [0.25, 0.3) is 44.4 Å². The van der Waals surface area contributed by atoms with Crippen LogP contribution in [0.1, 0.15) is 33.4 Å². The molecule has 2 heterocycles. The summed E-state index contributed by atoms with van der Waals surface area (Å²) < 4.78 is 0. The molecule has 9 rings (SSSR count). The highest BCUT2D eigenvalue weighted by Crippen LogP contribution is 2.63. The first-order valence-corrected chi connectivity index (χ1v) is 12.6. The fraction of sp³-hybridized carbons (Fsp3) is 0.0588. The summed E-state index contributed by atoms with van der Waals surface area (Å²) in [6.45, 7) is 0. The number of benzene rings is 4. The number of nitrogens with zero attached hydrogens (tertiary/aromatic N) is 2.